The van der Waals surface area contributed by atoms with Crippen LogP contribution in [0.5, 0.6) is 0 Å². The highest BCUT2D eigenvalue weighted by Gasteiger charge is 2.17. The summed E-state index contributed by atoms with van der Waals surface area (Å²) in [6.45, 7) is 11.1. The smallest absolute Gasteiger partial charge is 0.193 e. The molecule has 1 aromatic carbocycles. The first-order chi connectivity index (χ1) is 10.3. The predicted octanol–water partition coefficient (Wildman–Crippen LogP) is 3.98. The Morgan fingerprint density at radius 3 is 2.59 bits per heavy atom. The second-order valence-corrected chi connectivity index (χ2v) is 7.44. The summed E-state index contributed by atoms with van der Waals surface area (Å²) in [5.41, 5.74) is 10.6. The van der Waals surface area contributed by atoms with Crippen molar-refractivity contribution in [1.29, 1.82) is 0 Å². The van der Waals surface area contributed by atoms with Gasteiger partial charge in [-0.2, -0.15) is 0 Å². The van der Waals surface area contributed by atoms with E-state index >= 15 is 0 Å². The third kappa shape index (κ3) is 4.31. The number of rotatable bonds is 3. The zero-order chi connectivity index (χ0) is 16.3. The minimum Gasteiger partial charge on any atom is -0.370 e. The third-order valence-electron chi connectivity index (χ3n) is 3.48. The molecule has 0 saturated carbocycles. The number of hydrogen-bond donors (Lipinski definition) is 2. The maximum atomic E-state index is 5.95. The van der Waals surface area contributed by atoms with Gasteiger partial charge in [0.15, 0.2) is 5.96 Å². The van der Waals surface area contributed by atoms with E-state index in [1.807, 2.05) is 6.07 Å². The second-order valence-electron chi connectivity index (χ2n) is 6.50. The molecule has 0 saturated heterocycles. The van der Waals surface area contributed by atoms with Crippen LogP contribution in [-0.4, -0.2) is 10.9 Å². The van der Waals surface area contributed by atoms with Gasteiger partial charge in [-0.15, -0.1) is 11.3 Å². The average molecular weight is 316 g/mol. The molecule has 2 rings (SSSR count). The Morgan fingerprint density at radius 1 is 1.27 bits per heavy atom. The molecule has 0 aliphatic heterocycles. The lowest BCUT2D eigenvalue weighted by molar-refractivity contribution is 0.571. The van der Waals surface area contributed by atoms with Gasteiger partial charge in [0.1, 0.15) is 5.01 Å². The predicted molar refractivity (Wildman–Crippen MR) is 95.7 cm³/mol. The Morgan fingerprint density at radius 2 is 2.00 bits per heavy atom. The van der Waals surface area contributed by atoms with Crippen LogP contribution in [0.3, 0.4) is 0 Å². The standard InChI is InChI=1S/C17H24N4S/c1-11-6-7-13(8-12(11)2)20-16(18)19-9-15-21-14(10-22-15)17(3,4)5/h6-8,10H,9H2,1-5H3,(H3,18,19,20). The lowest BCUT2D eigenvalue weighted by atomic mass is 9.93. The van der Waals surface area contributed by atoms with E-state index in [0.717, 1.165) is 16.4 Å². The Balaban J connectivity index is 2.00. The number of hydrogen-bond acceptors (Lipinski definition) is 3. The highest BCUT2D eigenvalue weighted by molar-refractivity contribution is 7.09. The van der Waals surface area contributed by atoms with Gasteiger partial charge in [-0.1, -0.05) is 26.8 Å². The number of anilines is 1. The van der Waals surface area contributed by atoms with Crippen LogP contribution in [0.25, 0.3) is 0 Å². The number of guanidine groups is 1. The average Bonchev–Trinajstić information content (AvgIpc) is 2.89. The Bertz CT molecular complexity index is 680. The molecule has 1 aromatic heterocycles. The van der Waals surface area contributed by atoms with Crippen molar-refractivity contribution < 1.29 is 0 Å². The van der Waals surface area contributed by atoms with Crippen LogP contribution in [0.15, 0.2) is 28.6 Å². The van der Waals surface area contributed by atoms with Gasteiger partial charge >= 0.3 is 0 Å². The maximum Gasteiger partial charge on any atom is 0.193 e. The molecule has 0 amide bonds. The monoisotopic (exact) mass is 316 g/mol. The third-order valence-corrected chi connectivity index (χ3v) is 4.32. The van der Waals surface area contributed by atoms with E-state index < -0.39 is 0 Å². The number of benzene rings is 1. The van der Waals surface area contributed by atoms with Gasteiger partial charge in [0.25, 0.3) is 0 Å². The van der Waals surface area contributed by atoms with Crippen LogP contribution in [0.2, 0.25) is 0 Å². The summed E-state index contributed by atoms with van der Waals surface area (Å²) in [7, 11) is 0. The summed E-state index contributed by atoms with van der Waals surface area (Å²) in [5, 5.41) is 6.20. The van der Waals surface area contributed by atoms with Gasteiger partial charge in [-0.3, -0.25) is 0 Å². The molecule has 4 nitrogen and oxygen atoms in total. The maximum absolute atomic E-state index is 5.95. The first kappa shape index (κ1) is 16.5. The molecule has 3 N–H and O–H groups in total. The molecule has 22 heavy (non-hydrogen) atoms. The normalized spacial score (nSPS) is 12.5. The molecule has 0 atom stereocenters. The molecule has 2 aromatic rings. The number of thiazole rings is 1. The summed E-state index contributed by atoms with van der Waals surface area (Å²) in [5.74, 6) is 0.413. The summed E-state index contributed by atoms with van der Waals surface area (Å²) in [6.07, 6.45) is 0. The van der Waals surface area contributed by atoms with Crippen LogP contribution in [0, 0.1) is 13.8 Å². The number of nitrogens with zero attached hydrogens (tertiary/aromatic N) is 2. The Hall–Kier alpha value is -1.88. The minimum atomic E-state index is 0.0711. The number of aromatic nitrogens is 1. The highest BCUT2D eigenvalue weighted by atomic mass is 32.1. The van der Waals surface area contributed by atoms with Crippen molar-refractivity contribution in [2.75, 3.05) is 5.32 Å². The van der Waals surface area contributed by atoms with Crippen molar-refractivity contribution in [2.24, 2.45) is 10.7 Å². The first-order valence-corrected chi connectivity index (χ1v) is 8.23. The SMILES string of the molecule is Cc1ccc(NC(N)=NCc2nc(C(C)(C)C)cs2)cc1C. The van der Waals surface area contributed by atoms with Crippen molar-refractivity contribution in [3.05, 3.63) is 45.4 Å². The van der Waals surface area contributed by atoms with E-state index in [9.17, 15) is 0 Å². The fraction of sp³-hybridized carbons (Fsp3) is 0.412. The zero-order valence-corrected chi connectivity index (χ0v) is 14.7. The molecular weight excluding hydrogens is 292 g/mol. The van der Waals surface area contributed by atoms with Crippen molar-refractivity contribution in [3.8, 4) is 0 Å². The topological polar surface area (TPSA) is 63.3 Å². The van der Waals surface area contributed by atoms with Gasteiger partial charge in [0.05, 0.1) is 12.2 Å². The highest BCUT2D eigenvalue weighted by Crippen LogP contribution is 2.24. The molecule has 0 unspecified atom stereocenters. The van der Waals surface area contributed by atoms with Gasteiger partial charge in [0, 0.05) is 16.5 Å². The van der Waals surface area contributed by atoms with Gasteiger partial charge in [-0.25, -0.2) is 9.98 Å². The molecule has 118 valence electrons. The fourth-order valence-corrected chi connectivity index (χ4v) is 2.83. The molecule has 0 radical (unpaired) electrons. The molecular formula is C17H24N4S. The molecule has 0 spiro atoms. The van der Waals surface area contributed by atoms with Crippen LogP contribution in [0.1, 0.15) is 42.6 Å². The Labute approximate surface area is 136 Å². The largest absolute Gasteiger partial charge is 0.370 e. The van der Waals surface area contributed by atoms with E-state index in [1.54, 1.807) is 11.3 Å². The van der Waals surface area contributed by atoms with Crippen LogP contribution in [0.4, 0.5) is 5.69 Å². The van der Waals surface area contributed by atoms with Crippen molar-refractivity contribution in [1.82, 2.24) is 4.98 Å². The first-order valence-electron chi connectivity index (χ1n) is 7.35. The second kappa shape index (κ2) is 6.48. The summed E-state index contributed by atoms with van der Waals surface area (Å²) >= 11 is 1.63. The molecule has 0 aliphatic carbocycles. The quantitative estimate of drug-likeness (QED) is 0.665. The Kier molecular flexibility index (Phi) is 4.86. The fourth-order valence-electron chi connectivity index (χ4n) is 1.89. The lowest BCUT2D eigenvalue weighted by Crippen LogP contribution is -2.22. The summed E-state index contributed by atoms with van der Waals surface area (Å²) in [4.78, 5) is 8.98. The summed E-state index contributed by atoms with van der Waals surface area (Å²) < 4.78 is 0. The summed E-state index contributed by atoms with van der Waals surface area (Å²) in [6, 6.07) is 6.14. The number of nitrogens with two attached hydrogens (primary N) is 1. The molecule has 0 bridgehead atoms. The van der Waals surface area contributed by atoms with Crippen molar-refractivity contribution in [3.63, 3.8) is 0 Å². The van der Waals surface area contributed by atoms with E-state index in [-0.39, 0.29) is 5.41 Å². The van der Waals surface area contributed by atoms with E-state index in [2.05, 4.69) is 67.4 Å². The van der Waals surface area contributed by atoms with Crippen LogP contribution >= 0.6 is 11.3 Å². The lowest BCUT2D eigenvalue weighted by Gasteiger charge is -2.14. The number of nitrogens with one attached hydrogen (secondary N) is 1. The van der Waals surface area contributed by atoms with Crippen LogP contribution in [-0.2, 0) is 12.0 Å². The molecule has 0 fully saturated rings. The van der Waals surface area contributed by atoms with Crippen molar-refractivity contribution in [2.45, 2.75) is 46.6 Å². The van der Waals surface area contributed by atoms with Gasteiger partial charge in [0.2, 0.25) is 0 Å². The number of aliphatic imine (C=N–C) groups is 1. The molecule has 0 aliphatic rings. The van der Waals surface area contributed by atoms with Gasteiger partial charge in [-0.05, 0) is 37.1 Å². The number of aryl methyl sites for hydroxylation is 2. The van der Waals surface area contributed by atoms with Crippen molar-refractivity contribution >= 4 is 23.0 Å². The van der Waals surface area contributed by atoms with Crippen LogP contribution < -0.4 is 11.1 Å². The van der Waals surface area contributed by atoms with E-state index in [1.165, 1.54) is 11.1 Å². The minimum absolute atomic E-state index is 0.0711. The van der Waals surface area contributed by atoms with E-state index in [4.69, 9.17) is 5.73 Å². The molecule has 1 heterocycles. The molecule has 5 heteroatoms. The van der Waals surface area contributed by atoms with Gasteiger partial charge < -0.3 is 11.1 Å². The van der Waals surface area contributed by atoms with E-state index in [0.29, 0.717) is 12.5 Å². The zero-order valence-electron chi connectivity index (χ0n) is 13.9.